The number of imide groups is 1. The molecule has 10 heteroatoms. The molecule has 7 nitrogen and oxygen atoms in total. The molecule has 0 spiro atoms. The number of hydrogen-bond donors (Lipinski definition) is 0. The van der Waals surface area contributed by atoms with E-state index in [4.69, 9.17) is 18.0 Å². The van der Waals surface area contributed by atoms with Crippen LogP contribution in [0, 0.1) is 0 Å². The summed E-state index contributed by atoms with van der Waals surface area (Å²) in [5, 5.41) is -0.248. The molecule has 0 saturated carbocycles. The molecule has 0 N–H and O–H groups in total. The van der Waals surface area contributed by atoms with E-state index < -0.39 is 60.8 Å². The highest BCUT2D eigenvalue weighted by atomic mass is 28.4. The number of hydrogen-bond acceptors (Lipinski definition) is 6. The maximum absolute atomic E-state index is 14.1. The van der Waals surface area contributed by atoms with Gasteiger partial charge in [0.25, 0.3) is 5.91 Å². The van der Waals surface area contributed by atoms with Gasteiger partial charge in [0.05, 0.1) is 12.6 Å². The van der Waals surface area contributed by atoms with E-state index in [-0.39, 0.29) is 21.7 Å². The fourth-order valence-electron chi connectivity index (χ4n) is 3.27. The van der Waals surface area contributed by atoms with Gasteiger partial charge in [-0.3, -0.25) is 4.79 Å². The molecule has 1 aliphatic rings. The summed E-state index contributed by atoms with van der Waals surface area (Å²) in [6.07, 6.45) is -2.21. The summed E-state index contributed by atoms with van der Waals surface area (Å²) in [7, 11) is -6.96. The second-order valence-electron chi connectivity index (χ2n) is 16.5. The van der Waals surface area contributed by atoms with E-state index in [1.165, 1.54) is 4.90 Å². The molecule has 0 unspecified atom stereocenters. The lowest BCUT2D eigenvalue weighted by Crippen LogP contribution is -2.55. The molecular formula is C28H59NO6Si3. The van der Waals surface area contributed by atoms with Crippen LogP contribution in [0.3, 0.4) is 0 Å². The third-order valence-corrected chi connectivity index (χ3v) is 22.4. The number of ether oxygens (including phenoxy) is 1. The lowest BCUT2D eigenvalue weighted by Gasteiger charge is -2.44. The SMILES string of the molecule is CC(C)(C)OC(=O)N1C(=O)[C@H](O[Si](C)(C)C(C)(C)C)[C@H](O[Si](C)(C)C(C)(C)C)[C@H]1CO[Si](C)(C)C(C)(C)C. The number of carbonyl (C=O) groups excluding carboxylic acids is 2. The maximum atomic E-state index is 14.1. The fraction of sp³-hybridized carbons (Fsp3) is 0.929. The Morgan fingerprint density at radius 2 is 1.11 bits per heavy atom. The highest BCUT2D eigenvalue weighted by Gasteiger charge is 2.58. The van der Waals surface area contributed by atoms with Gasteiger partial charge in [0.2, 0.25) is 0 Å². The molecule has 1 rings (SSSR count). The first kappa shape index (κ1) is 35.5. The molecule has 0 aromatic rings. The van der Waals surface area contributed by atoms with Crippen molar-refractivity contribution in [2.75, 3.05) is 6.61 Å². The highest BCUT2D eigenvalue weighted by Crippen LogP contribution is 2.44. The van der Waals surface area contributed by atoms with Crippen LogP contribution in [-0.4, -0.2) is 72.3 Å². The predicted molar refractivity (Wildman–Crippen MR) is 164 cm³/mol. The van der Waals surface area contributed by atoms with Crippen LogP contribution in [0.5, 0.6) is 0 Å². The number of amides is 2. The van der Waals surface area contributed by atoms with Gasteiger partial charge in [-0.1, -0.05) is 62.3 Å². The van der Waals surface area contributed by atoms with Crippen molar-refractivity contribution in [2.45, 2.75) is 161 Å². The second-order valence-corrected chi connectivity index (χ2v) is 30.8. The first-order chi connectivity index (χ1) is 16.5. The summed E-state index contributed by atoms with van der Waals surface area (Å²) < 4.78 is 26.1. The average Bonchev–Trinajstić information content (AvgIpc) is 2.86. The van der Waals surface area contributed by atoms with Gasteiger partial charge < -0.3 is 18.0 Å². The minimum absolute atomic E-state index is 0.0286. The Bertz CT molecular complexity index is 860. The van der Waals surface area contributed by atoms with E-state index in [9.17, 15) is 9.59 Å². The summed E-state index contributed by atoms with van der Waals surface area (Å²) in [6, 6.07) is -0.643. The summed E-state index contributed by atoms with van der Waals surface area (Å²) in [4.78, 5) is 28.9. The van der Waals surface area contributed by atoms with Gasteiger partial charge in [0.15, 0.2) is 31.1 Å². The van der Waals surface area contributed by atoms with Gasteiger partial charge >= 0.3 is 6.09 Å². The van der Waals surface area contributed by atoms with Crippen molar-refractivity contribution in [3.8, 4) is 0 Å². The van der Waals surface area contributed by atoms with Crippen LogP contribution in [0.1, 0.15) is 83.1 Å². The Morgan fingerprint density at radius 3 is 1.47 bits per heavy atom. The van der Waals surface area contributed by atoms with Gasteiger partial charge in [-0.05, 0) is 75.2 Å². The first-order valence-electron chi connectivity index (χ1n) is 14.0. The average molecular weight is 590 g/mol. The zero-order valence-electron chi connectivity index (χ0n) is 27.8. The van der Waals surface area contributed by atoms with Crippen molar-refractivity contribution in [2.24, 2.45) is 0 Å². The fourth-order valence-corrected chi connectivity index (χ4v) is 6.83. The monoisotopic (exact) mass is 589 g/mol. The zero-order chi connectivity index (χ0) is 30.5. The molecule has 0 bridgehead atoms. The summed E-state index contributed by atoms with van der Waals surface area (Å²) in [6.45, 7) is 38.0. The molecular weight excluding hydrogens is 531 g/mol. The number of rotatable bonds is 7. The number of likely N-dealkylation sites (tertiary alicyclic amines) is 1. The van der Waals surface area contributed by atoms with E-state index in [2.05, 4.69) is 102 Å². The number of carbonyl (C=O) groups is 2. The quantitative estimate of drug-likeness (QED) is 0.281. The van der Waals surface area contributed by atoms with Crippen LogP contribution in [0.15, 0.2) is 0 Å². The molecule has 1 fully saturated rings. The van der Waals surface area contributed by atoms with Gasteiger partial charge in [-0.15, -0.1) is 0 Å². The Morgan fingerprint density at radius 1 is 0.711 bits per heavy atom. The third kappa shape index (κ3) is 8.25. The molecule has 0 radical (unpaired) electrons. The molecule has 1 saturated heterocycles. The van der Waals surface area contributed by atoms with E-state index >= 15 is 0 Å². The van der Waals surface area contributed by atoms with Crippen LogP contribution >= 0.6 is 0 Å². The summed E-state index contributed by atoms with van der Waals surface area (Å²) in [5.74, 6) is -0.392. The van der Waals surface area contributed by atoms with E-state index in [1.54, 1.807) is 20.8 Å². The minimum Gasteiger partial charge on any atom is -0.443 e. The molecule has 3 atom stereocenters. The van der Waals surface area contributed by atoms with Crippen LogP contribution in [0.2, 0.25) is 54.4 Å². The molecule has 224 valence electrons. The van der Waals surface area contributed by atoms with Crippen LogP contribution in [0.25, 0.3) is 0 Å². The predicted octanol–water partition coefficient (Wildman–Crippen LogP) is 7.93. The molecule has 38 heavy (non-hydrogen) atoms. The standard InChI is InChI=1S/C28H59NO6Si3/c1-25(2,3)33-24(31)29-20(19-32-36(13,14)26(4,5)6)21(34-37(15,16)27(7,8)9)22(23(29)30)35-38(17,18)28(10,11)12/h20-22H,19H2,1-18H3/t20-,21-,22-/m1/s1. The lowest BCUT2D eigenvalue weighted by molar-refractivity contribution is -0.134. The zero-order valence-corrected chi connectivity index (χ0v) is 30.8. The highest BCUT2D eigenvalue weighted by molar-refractivity contribution is 6.75. The van der Waals surface area contributed by atoms with Crippen LogP contribution in [-0.2, 0) is 22.8 Å². The molecule has 1 heterocycles. The third-order valence-electron chi connectivity index (χ3n) is 8.97. The first-order valence-corrected chi connectivity index (χ1v) is 22.7. The summed E-state index contributed by atoms with van der Waals surface area (Å²) in [5.41, 5.74) is -0.754. The topological polar surface area (TPSA) is 74.3 Å². The molecule has 2 amide bonds. The van der Waals surface area contributed by atoms with Crippen LogP contribution < -0.4 is 0 Å². The maximum Gasteiger partial charge on any atom is 0.417 e. The number of nitrogens with zero attached hydrogens (tertiary/aromatic N) is 1. The molecule has 0 aliphatic carbocycles. The minimum atomic E-state index is -2.40. The van der Waals surface area contributed by atoms with E-state index in [0.717, 1.165) is 0 Å². The smallest absolute Gasteiger partial charge is 0.417 e. The van der Waals surface area contributed by atoms with Gasteiger partial charge in [-0.2, -0.15) is 0 Å². The van der Waals surface area contributed by atoms with Gasteiger partial charge in [0, 0.05) is 0 Å². The molecule has 1 aliphatic heterocycles. The van der Waals surface area contributed by atoms with Crippen LogP contribution in [0.4, 0.5) is 4.79 Å². The molecule has 0 aromatic carbocycles. The Balaban J connectivity index is 3.72. The second kappa shape index (κ2) is 11.0. The lowest BCUT2D eigenvalue weighted by atomic mass is 10.1. The Labute approximate surface area is 237 Å². The Hall–Kier alpha value is -0.529. The van der Waals surface area contributed by atoms with Crippen molar-refractivity contribution in [3.63, 3.8) is 0 Å². The normalized spacial score (nSPS) is 22.7. The van der Waals surface area contributed by atoms with E-state index in [0.29, 0.717) is 0 Å². The summed E-state index contributed by atoms with van der Waals surface area (Å²) >= 11 is 0. The van der Waals surface area contributed by atoms with Crippen molar-refractivity contribution >= 4 is 37.0 Å². The van der Waals surface area contributed by atoms with Crippen molar-refractivity contribution in [1.29, 1.82) is 0 Å². The van der Waals surface area contributed by atoms with E-state index in [1.807, 2.05) is 0 Å². The van der Waals surface area contributed by atoms with Gasteiger partial charge in [-0.25, -0.2) is 9.69 Å². The van der Waals surface area contributed by atoms with Crippen molar-refractivity contribution in [1.82, 2.24) is 4.90 Å². The van der Waals surface area contributed by atoms with Crippen molar-refractivity contribution < 1.29 is 27.6 Å². The van der Waals surface area contributed by atoms with Crippen molar-refractivity contribution in [3.05, 3.63) is 0 Å². The van der Waals surface area contributed by atoms with Gasteiger partial charge in [0.1, 0.15) is 11.7 Å². The molecule has 0 aromatic heterocycles. The largest absolute Gasteiger partial charge is 0.443 e. The Kier molecular flexibility index (Phi) is 10.3.